The Bertz CT molecular complexity index is 1060. The Morgan fingerprint density at radius 1 is 1.25 bits per heavy atom. The van der Waals surface area contributed by atoms with E-state index in [1.807, 2.05) is 24.3 Å². The molecule has 144 valence electrons. The van der Waals surface area contributed by atoms with E-state index < -0.39 is 11.6 Å². The van der Waals surface area contributed by atoms with Crippen molar-refractivity contribution < 1.29 is 13.6 Å². The zero-order valence-corrected chi connectivity index (χ0v) is 16.0. The lowest BCUT2D eigenvalue weighted by Crippen LogP contribution is -2.37. The van der Waals surface area contributed by atoms with Crippen molar-refractivity contribution in [3.8, 4) is 11.5 Å². The molecule has 1 aromatic heterocycles. The van der Waals surface area contributed by atoms with Crippen LogP contribution in [0.4, 0.5) is 10.1 Å². The number of carbonyl (C=O) groups excluding carboxylic acids is 1. The number of benzene rings is 2. The van der Waals surface area contributed by atoms with Crippen molar-refractivity contribution >= 4 is 23.4 Å². The molecule has 4 rings (SSSR count). The zero-order chi connectivity index (χ0) is 19.7. The van der Waals surface area contributed by atoms with Gasteiger partial charge in [0, 0.05) is 22.3 Å². The van der Waals surface area contributed by atoms with E-state index in [4.69, 9.17) is 4.42 Å². The molecule has 0 aliphatic carbocycles. The van der Waals surface area contributed by atoms with Gasteiger partial charge in [-0.1, -0.05) is 19.1 Å². The molecule has 0 N–H and O–H groups in total. The number of amides is 1. The van der Waals surface area contributed by atoms with Crippen LogP contribution in [0.3, 0.4) is 0 Å². The number of nitrogens with zero attached hydrogens (tertiary/aromatic N) is 3. The molecule has 0 saturated carbocycles. The summed E-state index contributed by atoms with van der Waals surface area (Å²) in [6.07, 6.45) is 0.847. The molecule has 6 nitrogen and oxygen atoms in total. The van der Waals surface area contributed by atoms with Crippen molar-refractivity contribution in [1.29, 1.82) is 0 Å². The zero-order valence-electron chi connectivity index (χ0n) is 15.2. The first kappa shape index (κ1) is 18.5. The maximum absolute atomic E-state index is 13.1. The highest BCUT2D eigenvalue weighted by atomic mass is 32.2. The Morgan fingerprint density at radius 2 is 2.00 bits per heavy atom. The highest BCUT2D eigenvalue weighted by molar-refractivity contribution is 8.00. The summed E-state index contributed by atoms with van der Waals surface area (Å²) in [6, 6.07) is 13.2. The van der Waals surface area contributed by atoms with Gasteiger partial charge < -0.3 is 9.32 Å². The Morgan fingerprint density at radius 3 is 2.79 bits per heavy atom. The molecule has 28 heavy (non-hydrogen) atoms. The Labute approximate surface area is 165 Å². The molecule has 1 amide bonds. The highest BCUT2D eigenvalue weighted by Crippen LogP contribution is 2.37. The first-order valence-electron chi connectivity index (χ1n) is 8.91. The summed E-state index contributed by atoms with van der Waals surface area (Å²) < 4.78 is 19.2. The number of carbonyl (C=O) groups is 1. The minimum atomic E-state index is -0.724. The van der Waals surface area contributed by atoms with Crippen molar-refractivity contribution in [2.24, 2.45) is 0 Å². The molecule has 2 heterocycles. The van der Waals surface area contributed by atoms with E-state index in [-0.39, 0.29) is 18.3 Å². The van der Waals surface area contributed by atoms with Crippen molar-refractivity contribution in [2.75, 3.05) is 11.4 Å². The maximum atomic E-state index is 13.1. The monoisotopic (exact) mass is 399 g/mol. The SMILES string of the molecule is C[C@H]1CCN(C(=O)Cn2nc(-c3ccc(F)cc3)oc2=O)c2ccccc2S1. The van der Waals surface area contributed by atoms with Crippen LogP contribution in [-0.4, -0.2) is 27.5 Å². The summed E-state index contributed by atoms with van der Waals surface area (Å²) in [5.74, 6) is -1.30. The summed E-state index contributed by atoms with van der Waals surface area (Å²) in [6.45, 7) is 2.48. The summed E-state index contributed by atoms with van der Waals surface area (Å²) in [5, 5.41) is 4.49. The number of para-hydroxylation sites is 1. The van der Waals surface area contributed by atoms with Gasteiger partial charge in [-0.3, -0.25) is 4.79 Å². The minimum Gasteiger partial charge on any atom is -0.388 e. The maximum Gasteiger partial charge on any atom is 0.437 e. The quantitative estimate of drug-likeness (QED) is 0.674. The topological polar surface area (TPSA) is 68.3 Å². The molecule has 0 fully saturated rings. The molecule has 0 radical (unpaired) electrons. The van der Waals surface area contributed by atoms with Crippen LogP contribution in [-0.2, 0) is 11.3 Å². The standard InChI is InChI=1S/C20H18FN3O3S/c1-13-10-11-23(16-4-2-3-5-17(16)28-13)18(25)12-24-20(26)27-19(22-24)14-6-8-15(21)9-7-14/h2-9,13H,10-12H2,1H3/t13-/m0/s1. The van der Waals surface area contributed by atoms with Crippen LogP contribution in [0.1, 0.15) is 13.3 Å². The summed E-state index contributed by atoms with van der Waals surface area (Å²) in [4.78, 5) is 27.8. The third-order valence-corrected chi connectivity index (χ3v) is 5.76. The van der Waals surface area contributed by atoms with Gasteiger partial charge in [0.05, 0.1) is 5.69 Å². The van der Waals surface area contributed by atoms with E-state index >= 15 is 0 Å². The number of hydrogen-bond donors (Lipinski definition) is 0. The van der Waals surface area contributed by atoms with Crippen LogP contribution in [0.5, 0.6) is 0 Å². The molecular weight excluding hydrogens is 381 g/mol. The third kappa shape index (κ3) is 3.73. The van der Waals surface area contributed by atoms with Gasteiger partial charge in [-0.2, -0.15) is 4.68 Å². The fourth-order valence-electron chi connectivity index (χ4n) is 3.07. The van der Waals surface area contributed by atoms with Crippen LogP contribution in [0, 0.1) is 5.82 Å². The van der Waals surface area contributed by atoms with Gasteiger partial charge in [0.25, 0.3) is 0 Å². The smallest absolute Gasteiger partial charge is 0.388 e. The van der Waals surface area contributed by atoms with Crippen LogP contribution < -0.4 is 10.7 Å². The lowest BCUT2D eigenvalue weighted by Gasteiger charge is -2.22. The van der Waals surface area contributed by atoms with Gasteiger partial charge in [0.1, 0.15) is 12.4 Å². The van der Waals surface area contributed by atoms with Crippen LogP contribution in [0.25, 0.3) is 11.5 Å². The predicted molar refractivity (Wildman–Crippen MR) is 105 cm³/mol. The first-order chi connectivity index (χ1) is 13.5. The van der Waals surface area contributed by atoms with Crippen molar-refractivity contribution in [3.05, 3.63) is 64.9 Å². The average Bonchev–Trinajstić information content (AvgIpc) is 2.94. The van der Waals surface area contributed by atoms with Crippen LogP contribution in [0.2, 0.25) is 0 Å². The lowest BCUT2D eigenvalue weighted by atomic mass is 10.2. The second-order valence-electron chi connectivity index (χ2n) is 6.57. The van der Waals surface area contributed by atoms with E-state index in [0.29, 0.717) is 17.4 Å². The average molecular weight is 399 g/mol. The highest BCUT2D eigenvalue weighted by Gasteiger charge is 2.25. The van der Waals surface area contributed by atoms with Crippen molar-refractivity contribution in [3.63, 3.8) is 0 Å². The second kappa shape index (κ2) is 7.63. The number of fused-ring (bicyclic) bond motifs is 1. The summed E-state index contributed by atoms with van der Waals surface area (Å²) in [7, 11) is 0. The van der Waals surface area contributed by atoms with Gasteiger partial charge in [-0.25, -0.2) is 9.18 Å². The molecule has 0 unspecified atom stereocenters. The van der Waals surface area contributed by atoms with Gasteiger partial charge in [-0.05, 0) is 42.8 Å². The third-order valence-electron chi connectivity index (χ3n) is 4.53. The van der Waals surface area contributed by atoms with E-state index in [1.165, 1.54) is 24.3 Å². The molecule has 1 aliphatic rings. The Kier molecular flexibility index (Phi) is 5.04. The lowest BCUT2D eigenvalue weighted by molar-refractivity contribution is -0.119. The fourth-order valence-corrected chi connectivity index (χ4v) is 4.19. The normalized spacial score (nSPS) is 16.5. The number of halogens is 1. The predicted octanol–water partition coefficient (Wildman–Crippen LogP) is 3.56. The minimum absolute atomic E-state index is 0.0539. The Hall–Kier alpha value is -2.87. The van der Waals surface area contributed by atoms with E-state index in [0.717, 1.165) is 21.7 Å². The van der Waals surface area contributed by atoms with E-state index in [2.05, 4.69) is 12.0 Å². The number of hydrogen-bond acceptors (Lipinski definition) is 5. The van der Waals surface area contributed by atoms with Crippen molar-refractivity contribution in [1.82, 2.24) is 9.78 Å². The van der Waals surface area contributed by atoms with Crippen LogP contribution in [0.15, 0.2) is 62.6 Å². The number of rotatable bonds is 3. The molecule has 1 aliphatic heterocycles. The Balaban J connectivity index is 1.59. The molecule has 3 aromatic rings. The van der Waals surface area contributed by atoms with E-state index in [1.54, 1.807) is 16.7 Å². The molecule has 0 bridgehead atoms. The van der Waals surface area contributed by atoms with Gasteiger partial charge in [0.2, 0.25) is 11.8 Å². The molecule has 0 spiro atoms. The summed E-state index contributed by atoms with van der Waals surface area (Å²) >= 11 is 1.74. The fraction of sp³-hybridized carbons (Fsp3) is 0.250. The van der Waals surface area contributed by atoms with Crippen molar-refractivity contribution in [2.45, 2.75) is 30.0 Å². The molecule has 1 atom stereocenters. The first-order valence-corrected chi connectivity index (χ1v) is 9.79. The number of aromatic nitrogens is 2. The van der Waals surface area contributed by atoms with Gasteiger partial charge >= 0.3 is 5.76 Å². The van der Waals surface area contributed by atoms with Crippen LogP contribution >= 0.6 is 11.8 Å². The molecular formula is C20H18FN3O3S. The van der Waals surface area contributed by atoms with E-state index in [9.17, 15) is 14.0 Å². The number of anilines is 1. The number of thioether (sulfide) groups is 1. The molecule has 0 saturated heterocycles. The van der Waals surface area contributed by atoms with Gasteiger partial charge in [-0.15, -0.1) is 16.9 Å². The second-order valence-corrected chi connectivity index (χ2v) is 8.05. The molecule has 2 aromatic carbocycles. The largest absolute Gasteiger partial charge is 0.437 e. The molecule has 8 heteroatoms. The van der Waals surface area contributed by atoms with Gasteiger partial charge in [0.15, 0.2) is 0 Å². The summed E-state index contributed by atoms with van der Waals surface area (Å²) in [5.41, 5.74) is 1.31.